The minimum absolute atomic E-state index is 0. The Hall–Kier alpha value is -7.46. The van der Waals surface area contributed by atoms with Gasteiger partial charge in [0, 0.05) is 112 Å². The van der Waals surface area contributed by atoms with Crippen LogP contribution < -0.4 is 15.6 Å². The third kappa shape index (κ3) is 21.8. The summed E-state index contributed by atoms with van der Waals surface area (Å²) in [5, 5.41) is 28.3. The number of benzene rings is 4. The van der Waals surface area contributed by atoms with Gasteiger partial charge in [-0.3, -0.25) is 24.0 Å². The molecule has 2 aliphatic carbocycles. The molecule has 4 unspecified atom stereocenters. The van der Waals surface area contributed by atoms with Crippen molar-refractivity contribution in [1.29, 1.82) is 0 Å². The van der Waals surface area contributed by atoms with Gasteiger partial charge in [0.15, 0.2) is 0 Å². The summed E-state index contributed by atoms with van der Waals surface area (Å²) in [5.41, 5.74) is 3.31. The largest absolute Gasteiger partial charge is 0.481 e. The van der Waals surface area contributed by atoms with Crippen LogP contribution in [0.2, 0.25) is 0 Å². The standard InChI is InChI=1S/C68H85N5O6.3C2H4O2.2Co/c1-39-35-47(65(5,6)7)55(48(36-39)66(8,9)10)78-63(76)53-51(43-29-19-17-20-30-43)57(70-59(53)72-61(74)45-33-25-23-27-41(45)3)69-58-52(44-31-21-18-22-32-44)54(60(71-58)73-62(75)46-34-26-24-28-42(46)4)64(77)79-56-49(67(11,12)13)37-40(2)38-50(56)68(14,15)16;3*1-2(3)4;;/h17-34,39-40,47-50,55-56H,35-38H2,1-16H3,(H3,69,70,71,72,73,74,75,76,77);3*1H3,(H,3,4);;/p-1. The van der Waals surface area contributed by atoms with Crippen molar-refractivity contribution in [2.45, 2.75) is 169 Å². The summed E-state index contributed by atoms with van der Waals surface area (Å²) in [6.45, 7) is 38.0. The molecule has 0 saturated heterocycles. The van der Waals surface area contributed by atoms with Crippen LogP contribution in [-0.4, -0.2) is 80.9 Å². The van der Waals surface area contributed by atoms with Crippen LogP contribution in [-0.2, 0) is 62.2 Å². The Bertz CT molecular complexity index is 3440. The van der Waals surface area contributed by atoms with Gasteiger partial charge in [-0.25, -0.2) is 14.6 Å². The zero-order valence-corrected chi connectivity index (χ0v) is 59.4. The van der Waals surface area contributed by atoms with E-state index in [4.69, 9.17) is 54.1 Å². The molecule has 93 heavy (non-hydrogen) atoms. The molecule has 4 atom stereocenters. The number of carboxylic acids is 3. The molecule has 5 aromatic rings. The van der Waals surface area contributed by atoms with Crippen molar-refractivity contribution in [2.75, 3.05) is 5.32 Å². The summed E-state index contributed by atoms with van der Waals surface area (Å²) >= 11 is 0. The number of hydrogen-bond donors (Lipinski definition) is 5. The third-order valence-electron chi connectivity index (χ3n) is 17.0. The van der Waals surface area contributed by atoms with Crippen molar-refractivity contribution in [3.8, 4) is 11.1 Å². The fourth-order valence-electron chi connectivity index (χ4n) is 12.6. The average Bonchev–Trinajstić information content (AvgIpc) is 1.67. The normalized spacial score (nSPS) is 20.8. The monoisotopic (exact) mass is 1360 g/mol. The van der Waals surface area contributed by atoms with Crippen LogP contribution in [0, 0.1) is 71.0 Å². The van der Waals surface area contributed by atoms with Crippen LogP contribution in [0.15, 0.2) is 125 Å². The molecule has 2 amide bonds. The first-order valence-corrected chi connectivity index (χ1v) is 31.2. The van der Waals surface area contributed by atoms with Crippen molar-refractivity contribution in [3.05, 3.63) is 148 Å². The molecule has 508 valence electrons. The van der Waals surface area contributed by atoms with Crippen LogP contribution in [0.5, 0.6) is 0 Å². The fourth-order valence-corrected chi connectivity index (χ4v) is 12.6. The molecule has 1 aliphatic heterocycles. The van der Waals surface area contributed by atoms with E-state index >= 15 is 9.59 Å². The van der Waals surface area contributed by atoms with Gasteiger partial charge in [-0.05, 0) is 101 Å². The topological polar surface area (TPSA) is 262 Å². The van der Waals surface area contributed by atoms with Gasteiger partial charge in [0.25, 0.3) is 23.8 Å². The Balaban J connectivity index is 0.00000148. The second kappa shape index (κ2) is 33.6. The van der Waals surface area contributed by atoms with E-state index in [1.807, 2.05) is 98.8 Å². The van der Waals surface area contributed by atoms with Crippen molar-refractivity contribution in [3.63, 3.8) is 0 Å². The maximum Gasteiger partial charge on any atom is 0.342 e. The summed E-state index contributed by atoms with van der Waals surface area (Å²) in [6.07, 6.45) is 2.56. The van der Waals surface area contributed by atoms with E-state index in [1.165, 1.54) is 0 Å². The van der Waals surface area contributed by atoms with Crippen molar-refractivity contribution < 1.29 is 91.9 Å². The number of carboxylic acid groups (broad SMARTS) is 3. The molecule has 0 bridgehead atoms. The molecular formula is C74H96Co2N5O12-. The molecular weight excluding hydrogens is 1270 g/mol. The summed E-state index contributed by atoms with van der Waals surface area (Å²) in [4.78, 5) is 103. The number of carbonyl (C=O) groups excluding carboxylic acids is 4. The summed E-state index contributed by atoms with van der Waals surface area (Å²) in [5.74, 6) is -3.81. The number of hydrogen-bond acceptors (Lipinski definition) is 10. The Morgan fingerprint density at radius 1 is 0.505 bits per heavy atom. The van der Waals surface area contributed by atoms with E-state index in [0.717, 1.165) is 57.6 Å². The molecule has 17 nitrogen and oxygen atoms in total. The van der Waals surface area contributed by atoms with Crippen molar-refractivity contribution >= 4 is 70.5 Å². The molecule has 5 N–H and O–H groups in total. The van der Waals surface area contributed by atoms with E-state index in [2.05, 4.69) is 108 Å². The summed E-state index contributed by atoms with van der Waals surface area (Å²) in [7, 11) is 0. The molecule has 8 rings (SSSR count). The average molecular weight is 1370 g/mol. The Labute approximate surface area is 570 Å². The zero-order valence-electron chi connectivity index (χ0n) is 57.4. The molecule has 2 radical (unpaired) electrons. The number of esters is 2. The van der Waals surface area contributed by atoms with Crippen molar-refractivity contribution in [2.24, 2.45) is 67.2 Å². The SMILES string of the molecule is CC(=O)O.CC(=O)O.CC(=O)O.Cc1ccccc1C(=O)NC1=NC(=Nc2[n-]c(NC(=O)c3ccccc3C)c(C(=O)OC3C(C(C)(C)C)CC(C)CC3C(C)(C)C)c2-c2ccccc2)C(c2ccccc2)=C1C(=O)OC1C(C(C)(C)C)CC(C)CC1C(C)(C)C.[Co].[Co]. The molecule has 2 saturated carbocycles. The smallest absolute Gasteiger partial charge is 0.342 e. The summed E-state index contributed by atoms with van der Waals surface area (Å²) in [6, 6.07) is 33.2. The Morgan fingerprint density at radius 3 is 1.20 bits per heavy atom. The molecule has 0 spiro atoms. The number of anilines is 1. The van der Waals surface area contributed by atoms with Gasteiger partial charge in [-0.1, -0.05) is 200 Å². The molecule has 19 heteroatoms. The first kappa shape index (κ1) is 79.8. The number of carbonyl (C=O) groups is 7. The number of aromatic nitrogens is 1. The fraction of sp³-hybridized carbons (Fsp3) is 0.473. The van der Waals surface area contributed by atoms with Gasteiger partial charge in [0.2, 0.25) is 5.91 Å². The van der Waals surface area contributed by atoms with Crippen molar-refractivity contribution in [1.82, 2.24) is 10.3 Å². The van der Waals surface area contributed by atoms with Crippen LogP contribution >= 0.6 is 0 Å². The van der Waals surface area contributed by atoms with Crippen LogP contribution in [0.3, 0.4) is 0 Å². The minimum atomic E-state index is -0.833. The number of nitrogens with zero attached hydrogens (tertiary/aromatic N) is 3. The van der Waals surface area contributed by atoms with Gasteiger partial charge in [-0.15, -0.1) is 0 Å². The van der Waals surface area contributed by atoms with E-state index in [0.29, 0.717) is 45.2 Å². The number of nitrogens with one attached hydrogen (secondary N) is 2. The van der Waals surface area contributed by atoms with Gasteiger partial charge in [0.05, 0.1) is 11.4 Å². The van der Waals surface area contributed by atoms with Crippen LogP contribution in [0.25, 0.3) is 16.7 Å². The maximum atomic E-state index is 15.7. The Morgan fingerprint density at radius 2 is 0.839 bits per heavy atom. The number of aryl methyl sites for hydroxylation is 2. The number of aliphatic imine (C=N–C) groups is 2. The van der Waals surface area contributed by atoms with Gasteiger partial charge < -0.3 is 45.4 Å². The van der Waals surface area contributed by atoms with E-state index in [-0.39, 0.29) is 113 Å². The zero-order chi connectivity index (χ0) is 68.2. The molecule has 4 aromatic carbocycles. The van der Waals surface area contributed by atoms with E-state index in [9.17, 15) is 9.59 Å². The van der Waals surface area contributed by atoms with Crippen LogP contribution in [0.4, 0.5) is 11.6 Å². The molecule has 2 heterocycles. The first-order valence-electron chi connectivity index (χ1n) is 31.2. The number of amides is 2. The second-order valence-corrected chi connectivity index (χ2v) is 28.8. The molecule has 3 aliphatic rings. The first-order chi connectivity index (χ1) is 42.2. The predicted octanol–water partition coefficient (Wildman–Crippen LogP) is 15.7. The number of aliphatic carboxylic acids is 3. The molecule has 2 fully saturated rings. The maximum absolute atomic E-state index is 15.7. The Kier molecular flexibility index (Phi) is 28.8. The second-order valence-electron chi connectivity index (χ2n) is 28.8. The number of amidine groups is 2. The van der Waals surface area contributed by atoms with E-state index in [1.54, 1.807) is 24.3 Å². The number of ether oxygens (including phenoxy) is 2. The number of rotatable bonds is 10. The van der Waals surface area contributed by atoms with Gasteiger partial charge >= 0.3 is 11.9 Å². The van der Waals surface area contributed by atoms with Crippen LogP contribution in [0.1, 0.15) is 191 Å². The predicted molar refractivity (Wildman–Crippen MR) is 358 cm³/mol. The van der Waals surface area contributed by atoms with E-state index < -0.39 is 53.9 Å². The third-order valence-corrected chi connectivity index (χ3v) is 17.0. The van der Waals surface area contributed by atoms with Gasteiger partial charge in [0.1, 0.15) is 23.6 Å². The minimum Gasteiger partial charge on any atom is -0.481 e. The quantitative estimate of drug-likeness (QED) is 0.0816. The molecule has 1 aromatic heterocycles. The summed E-state index contributed by atoms with van der Waals surface area (Å²) < 4.78 is 13.9. The van der Waals surface area contributed by atoms with Gasteiger partial charge in [-0.2, -0.15) is 0 Å².